The van der Waals surface area contributed by atoms with E-state index < -0.39 is 0 Å². The van der Waals surface area contributed by atoms with Gasteiger partial charge < -0.3 is 0 Å². The lowest BCUT2D eigenvalue weighted by Crippen LogP contribution is -2.09. The van der Waals surface area contributed by atoms with E-state index >= 15 is 0 Å². The zero-order valence-electron chi connectivity index (χ0n) is 28.5. The zero-order chi connectivity index (χ0) is 30.4. The van der Waals surface area contributed by atoms with E-state index in [9.17, 15) is 0 Å². The van der Waals surface area contributed by atoms with Crippen LogP contribution in [0.3, 0.4) is 0 Å². The summed E-state index contributed by atoms with van der Waals surface area (Å²) in [6.07, 6.45) is 35.3. The number of allylic oxidation sites excluding steroid dienone is 12. The number of rotatable bonds is 10. The van der Waals surface area contributed by atoms with Gasteiger partial charge in [0.15, 0.2) is 0 Å². The van der Waals surface area contributed by atoms with Gasteiger partial charge in [-0.3, -0.25) is 0 Å². The molecule has 0 aromatic heterocycles. The molecule has 0 heterocycles. The Morgan fingerprint density at radius 2 is 1.27 bits per heavy atom. The van der Waals surface area contributed by atoms with Gasteiger partial charge >= 0.3 is 0 Å². The van der Waals surface area contributed by atoms with Gasteiger partial charge in [0.2, 0.25) is 0 Å². The van der Waals surface area contributed by atoms with Gasteiger partial charge in [0.1, 0.15) is 0 Å². The SMILES string of the molecule is C/C=C\C(=C/C)C(C)(C)C.C/C=C\C(=C/C)C1CCCCC1.C=C/C(=C\C(=C)C(C)CCCC)C1CCCCC1. The summed E-state index contributed by atoms with van der Waals surface area (Å²) in [6, 6.07) is 0. The summed E-state index contributed by atoms with van der Waals surface area (Å²) in [5.41, 5.74) is 5.97. The van der Waals surface area contributed by atoms with Crippen LogP contribution in [0, 0.1) is 23.2 Å². The molecule has 0 aromatic carbocycles. The van der Waals surface area contributed by atoms with Crippen LogP contribution < -0.4 is 0 Å². The molecule has 1 unspecified atom stereocenters. The lowest BCUT2D eigenvalue weighted by atomic mass is 9.82. The van der Waals surface area contributed by atoms with Gasteiger partial charge in [-0.2, -0.15) is 0 Å². The third-order valence-corrected chi connectivity index (χ3v) is 8.58. The molecule has 0 N–H and O–H groups in total. The van der Waals surface area contributed by atoms with Gasteiger partial charge in [-0.05, 0) is 99.7 Å². The van der Waals surface area contributed by atoms with Gasteiger partial charge in [0.05, 0.1) is 0 Å². The largest absolute Gasteiger partial charge is 0.0988 e. The fraction of sp³-hybridized carbons (Fsp3) is 0.650. The fourth-order valence-electron chi connectivity index (χ4n) is 5.89. The van der Waals surface area contributed by atoms with E-state index in [1.165, 1.54) is 100 Å². The highest BCUT2D eigenvalue weighted by Gasteiger charge is 2.17. The standard InChI is InChI=1S/C18H30.C12H20.C10H18/c1-5-7-11-15(3)16(4)14-17(6-2)18-12-9-8-10-13-18;1-3-8-11(4-2)12-9-6-5-7-10-12;1-6-8-9(7-2)10(3,4)5/h6,14-15,18H,2,4-5,7-13H2,1,3H3;3-4,8,12H,5-7,9-10H2,1-2H3;6-8H,1-5H3/b17-14+;8-3-,11-4+;8-6-,9-7+. The number of unbranched alkanes of at least 4 members (excludes halogenated alkanes) is 1. The van der Waals surface area contributed by atoms with E-state index in [0.29, 0.717) is 11.3 Å². The quantitative estimate of drug-likeness (QED) is 0.238. The van der Waals surface area contributed by atoms with E-state index in [0.717, 1.165) is 11.8 Å². The molecular formula is C40H68. The maximum Gasteiger partial charge on any atom is -0.0135 e. The monoisotopic (exact) mass is 549 g/mol. The Morgan fingerprint density at radius 3 is 1.62 bits per heavy atom. The average Bonchev–Trinajstić information content (AvgIpc) is 2.96. The van der Waals surface area contributed by atoms with Gasteiger partial charge in [0.25, 0.3) is 0 Å². The van der Waals surface area contributed by atoms with Gasteiger partial charge in [-0.25, -0.2) is 0 Å². The molecule has 1 atom stereocenters. The molecule has 2 saturated carbocycles. The first-order chi connectivity index (χ1) is 19.1. The molecule has 0 aliphatic heterocycles. The summed E-state index contributed by atoms with van der Waals surface area (Å²) >= 11 is 0. The predicted molar refractivity (Wildman–Crippen MR) is 186 cm³/mol. The summed E-state index contributed by atoms with van der Waals surface area (Å²) in [5.74, 6) is 2.22. The van der Waals surface area contributed by atoms with Crippen molar-refractivity contribution in [1.29, 1.82) is 0 Å². The van der Waals surface area contributed by atoms with Crippen LogP contribution in [-0.2, 0) is 0 Å². The second-order valence-corrected chi connectivity index (χ2v) is 12.9. The third-order valence-electron chi connectivity index (χ3n) is 8.58. The number of hydrogen-bond donors (Lipinski definition) is 0. The molecule has 0 nitrogen and oxygen atoms in total. The smallest absolute Gasteiger partial charge is 0.0135 e. The van der Waals surface area contributed by atoms with Crippen molar-refractivity contribution in [1.82, 2.24) is 0 Å². The normalized spacial score (nSPS) is 19.1. The van der Waals surface area contributed by atoms with E-state index in [-0.39, 0.29) is 0 Å². The molecule has 228 valence electrons. The van der Waals surface area contributed by atoms with Crippen LogP contribution in [0.15, 0.2) is 84.1 Å². The summed E-state index contributed by atoms with van der Waals surface area (Å²) in [5, 5.41) is 0. The molecule has 0 amide bonds. The highest BCUT2D eigenvalue weighted by Crippen LogP contribution is 2.32. The van der Waals surface area contributed by atoms with Crippen molar-refractivity contribution in [3.63, 3.8) is 0 Å². The number of hydrogen-bond acceptors (Lipinski definition) is 0. The Hall–Kier alpha value is -1.82. The van der Waals surface area contributed by atoms with E-state index in [2.05, 4.69) is 124 Å². The average molecular weight is 549 g/mol. The third kappa shape index (κ3) is 16.4. The van der Waals surface area contributed by atoms with Crippen molar-refractivity contribution in [2.75, 3.05) is 0 Å². The molecule has 2 aliphatic rings. The second-order valence-electron chi connectivity index (χ2n) is 12.9. The topological polar surface area (TPSA) is 0 Å². The van der Waals surface area contributed by atoms with Crippen molar-refractivity contribution >= 4 is 0 Å². The van der Waals surface area contributed by atoms with Crippen LogP contribution in [-0.4, -0.2) is 0 Å². The maximum atomic E-state index is 4.27. The van der Waals surface area contributed by atoms with E-state index in [4.69, 9.17) is 0 Å². The van der Waals surface area contributed by atoms with Crippen molar-refractivity contribution in [3.8, 4) is 0 Å². The summed E-state index contributed by atoms with van der Waals surface area (Å²) in [7, 11) is 0. The maximum absolute atomic E-state index is 4.27. The highest BCUT2D eigenvalue weighted by atomic mass is 14.2. The minimum Gasteiger partial charge on any atom is -0.0988 e. The van der Waals surface area contributed by atoms with Crippen LogP contribution in [0.1, 0.15) is 146 Å². The molecule has 0 saturated heterocycles. The minimum atomic E-state index is 0.293. The van der Waals surface area contributed by atoms with Crippen LogP contribution >= 0.6 is 0 Å². The molecule has 2 fully saturated rings. The Labute approximate surface area is 252 Å². The van der Waals surface area contributed by atoms with Crippen LogP contribution in [0.2, 0.25) is 0 Å². The van der Waals surface area contributed by atoms with Crippen LogP contribution in [0.25, 0.3) is 0 Å². The molecule has 0 spiro atoms. The molecule has 2 rings (SSSR count). The zero-order valence-corrected chi connectivity index (χ0v) is 28.5. The molecule has 0 radical (unpaired) electrons. The summed E-state index contributed by atoms with van der Waals surface area (Å²) in [4.78, 5) is 0. The molecule has 0 heteroatoms. The minimum absolute atomic E-state index is 0.293. The predicted octanol–water partition coefficient (Wildman–Crippen LogP) is 13.7. The Balaban J connectivity index is 0.000000603. The lowest BCUT2D eigenvalue weighted by Gasteiger charge is -2.23. The first kappa shape index (κ1) is 38.2. The van der Waals surface area contributed by atoms with Crippen molar-refractivity contribution in [2.24, 2.45) is 23.2 Å². The van der Waals surface area contributed by atoms with Crippen LogP contribution in [0.5, 0.6) is 0 Å². The molecule has 40 heavy (non-hydrogen) atoms. The Kier molecular flexibility index (Phi) is 21.8. The second kappa shape index (κ2) is 22.8. The molecule has 2 aliphatic carbocycles. The first-order valence-corrected chi connectivity index (χ1v) is 16.7. The van der Waals surface area contributed by atoms with Crippen molar-refractivity contribution in [2.45, 2.75) is 146 Å². The van der Waals surface area contributed by atoms with Crippen LogP contribution in [0.4, 0.5) is 0 Å². The molecule has 0 bridgehead atoms. The fourth-order valence-corrected chi connectivity index (χ4v) is 5.89. The first-order valence-electron chi connectivity index (χ1n) is 16.7. The Bertz CT molecular complexity index is 820. The van der Waals surface area contributed by atoms with Gasteiger partial charge in [0, 0.05) is 0 Å². The van der Waals surface area contributed by atoms with Crippen molar-refractivity contribution < 1.29 is 0 Å². The van der Waals surface area contributed by atoms with E-state index in [1.807, 2.05) is 0 Å². The molecule has 0 aromatic rings. The summed E-state index contributed by atoms with van der Waals surface area (Å²) < 4.78 is 0. The summed E-state index contributed by atoms with van der Waals surface area (Å²) in [6.45, 7) is 27.9. The lowest BCUT2D eigenvalue weighted by molar-refractivity contribution is 0.408. The Morgan fingerprint density at radius 1 is 0.775 bits per heavy atom. The van der Waals surface area contributed by atoms with Gasteiger partial charge in [-0.1, -0.05) is 153 Å². The van der Waals surface area contributed by atoms with Crippen molar-refractivity contribution in [3.05, 3.63) is 84.1 Å². The van der Waals surface area contributed by atoms with Gasteiger partial charge in [-0.15, -0.1) is 0 Å². The van der Waals surface area contributed by atoms with E-state index in [1.54, 1.807) is 5.57 Å². The molecular weight excluding hydrogens is 480 g/mol. The highest BCUT2D eigenvalue weighted by molar-refractivity contribution is 5.31.